The summed E-state index contributed by atoms with van der Waals surface area (Å²) in [5, 5.41) is 3.06. The van der Waals surface area contributed by atoms with Gasteiger partial charge in [0.15, 0.2) is 0 Å². The first-order chi connectivity index (χ1) is 13.5. The molecule has 1 unspecified atom stereocenters. The van der Waals surface area contributed by atoms with E-state index in [1.807, 2.05) is 49.1 Å². The van der Waals surface area contributed by atoms with Crippen LogP contribution in [0.25, 0.3) is 0 Å². The predicted octanol–water partition coefficient (Wildman–Crippen LogP) is 3.26. The highest BCUT2D eigenvalue weighted by Crippen LogP contribution is 2.52. The third kappa shape index (κ3) is 3.41. The van der Waals surface area contributed by atoms with Crippen molar-refractivity contribution in [2.24, 2.45) is 11.3 Å². The minimum atomic E-state index is -0.131. The molecule has 1 aromatic carbocycles. The molecule has 0 bridgehead atoms. The lowest BCUT2D eigenvalue weighted by Gasteiger charge is -2.41. The Labute approximate surface area is 166 Å². The molecule has 2 aromatic rings. The van der Waals surface area contributed by atoms with Crippen LogP contribution in [0.2, 0.25) is 0 Å². The van der Waals surface area contributed by atoms with Crippen molar-refractivity contribution in [3.8, 4) is 0 Å². The second-order valence-corrected chi connectivity index (χ2v) is 8.33. The van der Waals surface area contributed by atoms with Crippen LogP contribution < -0.4 is 5.32 Å². The van der Waals surface area contributed by atoms with Crippen molar-refractivity contribution in [3.63, 3.8) is 0 Å². The summed E-state index contributed by atoms with van der Waals surface area (Å²) in [5.41, 5.74) is 3.96. The number of nitrogens with one attached hydrogen (secondary N) is 1. The molecule has 1 aliphatic carbocycles. The molecule has 4 rings (SSSR count). The summed E-state index contributed by atoms with van der Waals surface area (Å²) >= 11 is 0. The summed E-state index contributed by atoms with van der Waals surface area (Å²) < 4.78 is 0. The molecule has 146 valence electrons. The molecule has 2 amide bonds. The highest BCUT2D eigenvalue weighted by atomic mass is 16.2. The van der Waals surface area contributed by atoms with Crippen molar-refractivity contribution in [1.82, 2.24) is 15.2 Å². The summed E-state index contributed by atoms with van der Waals surface area (Å²) in [6.07, 6.45) is 6.67. The second kappa shape index (κ2) is 7.38. The number of likely N-dealkylation sites (tertiary alicyclic amines) is 1. The summed E-state index contributed by atoms with van der Waals surface area (Å²) in [7, 11) is 0. The topological polar surface area (TPSA) is 62.3 Å². The van der Waals surface area contributed by atoms with E-state index in [2.05, 4.69) is 10.3 Å². The number of aryl methyl sites for hydroxylation is 2. The van der Waals surface area contributed by atoms with Gasteiger partial charge in [0.2, 0.25) is 5.91 Å². The predicted molar refractivity (Wildman–Crippen MR) is 108 cm³/mol. The lowest BCUT2D eigenvalue weighted by molar-refractivity contribution is -0.129. The maximum atomic E-state index is 13.1. The Bertz CT molecular complexity index is 890. The molecule has 1 aliphatic heterocycles. The highest BCUT2D eigenvalue weighted by Gasteiger charge is 2.54. The standard InChI is InChI=1S/C23H27N3O2/c1-16-6-7-19(11-17(16)2)22(28)26-14-20(23(15-26)8-4-9-23)21(27)25-13-18-5-3-10-24-12-18/h3,5-7,10-12,20H,4,8-9,13-15H2,1-2H3,(H,25,27). The van der Waals surface area contributed by atoms with E-state index in [4.69, 9.17) is 0 Å². The fourth-order valence-electron chi connectivity index (χ4n) is 4.49. The molecule has 2 heterocycles. The third-order valence-electron chi connectivity index (χ3n) is 6.54. The molecule has 0 radical (unpaired) electrons. The zero-order valence-corrected chi connectivity index (χ0v) is 16.6. The minimum absolute atomic E-state index is 0.0388. The Morgan fingerprint density at radius 2 is 2.04 bits per heavy atom. The molecule has 1 saturated carbocycles. The SMILES string of the molecule is Cc1ccc(C(=O)N2CC(C(=O)NCc3cccnc3)C3(CCC3)C2)cc1C. The number of pyridine rings is 1. The summed E-state index contributed by atoms with van der Waals surface area (Å²) in [6.45, 7) is 5.74. The van der Waals surface area contributed by atoms with Crippen LogP contribution in [0.3, 0.4) is 0 Å². The van der Waals surface area contributed by atoms with Gasteiger partial charge in [-0.1, -0.05) is 18.6 Å². The van der Waals surface area contributed by atoms with Crippen LogP contribution in [0.4, 0.5) is 0 Å². The van der Waals surface area contributed by atoms with Gasteiger partial charge < -0.3 is 10.2 Å². The molecule has 1 aromatic heterocycles. The van der Waals surface area contributed by atoms with Crippen molar-refractivity contribution in [2.45, 2.75) is 39.7 Å². The fraction of sp³-hybridized carbons (Fsp3) is 0.435. The molecule has 5 nitrogen and oxygen atoms in total. The van der Waals surface area contributed by atoms with Crippen LogP contribution in [0.5, 0.6) is 0 Å². The normalized spacial score (nSPS) is 20.1. The summed E-state index contributed by atoms with van der Waals surface area (Å²) in [5.74, 6) is -0.0377. The smallest absolute Gasteiger partial charge is 0.253 e. The number of nitrogens with zero attached hydrogens (tertiary/aromatic N) is 2. The maximum Gasteiger partial charge on any atom is 0.253 e. The van der Waals surface area contributed by atoms with Gasteiger partial charge in [0.1, 0.15) is 0 Å². The van der Waals surface area contributed by atoms with E-state index in [1.165, 1.54) is 5.56 Å². The van der Waals surface area contributed by atoms with Gasteiger partial charge in [0.25, 0.3) is 5.91 Å². The van der Waals surface area contributed by atoms with Crippen LogP contribution in [-0.4, -0.2) is 34.8 Å². The van der Waals surface area contributed by atoms with Crippen LogP contribution in [-0.2, 0) is 11.3 Å². The van der Waals surface area contributed by atoms with E-state index < -0.39 is 0 Å². The first-order valence-corrected chi connectivity index (χ1v) is 10.0. The zero-order chi connectivity index (χ0) is 19.7. The van der Waals surface area contributed by atoms with E-state index in [0.29, 0.717) is 25.2 Å². The van der Waals surface area contributed by atoms with Gasteiger partial charge >= 0.3 is 0 Å². The summed E-state index contributed by atoms with van der Waals surface area (Å²) in [6, 6.07) is 9.68. The van der Waals surface area contributed by atoms with Crippen LogP contribution in [0.15, 0.2) is 42.7 Å². The molecule has 2 fully saturated rings. The number of aromatic nitrogens is 1. The molecule has 1 N–H and O–H groups in total. The van der Waals surface area contributed by atoms with Gasteiger partial charge in [-0.3, -0.25) is 14.6 Å². The molecule has 5 heteroatoms. The lowest BCUT2D eigenvalue weighted by atomic mass is 9.62. The number of rotatable bonds is 4. The molecular weight excluding hydrogens is 350 g/mol. The monoisotopic (exact) mass is 377 g/mol. The molecule has 1 spiro atoms. The molecule has 1 atom stereocenters. The van der Waals surface area contributed by atoms with Crippen molar-refractivity contribution >= 4 is 11.8 Å². The Morgan fingerprint density at radius 3 is 2.68 bits per heavy atom. The maximum absolute atomic E-state index is 13.1. The molecule has 1 saturated heterocycles. The van der Waals surface area contributed by atoms with Gasteiger partial charge in [-0.25, -0.2) is 0 Å². The van der Waals surface area contributed by atoms with Gasteiger partial charge in [-0.2, -0.15) is 0 Å². The van der Waals surface area contributed by atoms with Gasteiger partial charge in [0.05, 0.1) is 5.92 Å². The van der Waals surface area contributed by atoms with Crippen LogP contribution >= 0.6 is 0 Å². The summed E-state index contributed by atoms with van der Waals surface area (Å²) in [4.78, 5) is 32.0. The van der Waals surface area contributed by atoms with E-state index in [1.54, 1.807) is 12.4 Å². The Morgan fingerprint density at radius 1 is 1.21 bits per heavy atom. The first kappa shape index (κ1) is 18.7. The second-order valence-electron chi connectivity index (χ2n) is 8.33. The average Bonchev–Trinajstić information content (AvgIpc) is 3.10. The first-order valence-electron chi connectivity index (χ1n) is 10.0. The number of hydrogen-bond acceptors (Lipinski definition) is 3. The fourth-order valence-corrected chi connectivity index (χ4v) is 4.49. The zero-order valence-electron chi connectivity index (χ0n) is 16.6. The molecule has 2 aliphatic rings. The largest absolute Gasteiger partial charge is 0.352 e. The van der Waals surface area contributed by atoms with Gasteiger partial charge in [0, 0.05) is 43.0 Å². The van der Waals surface area contributed by atoms with Gasteiger partial charge in [-0.05, 0) is 61.6 Å². The van der Waals surface area contributed by atoms with E-state index in [0.717, 1.165) is 30.4 Å². The Kier molecular flexibility index (Phi) is 4.92. The number of amides is 2. The Hall–Kier alpha value is -2.69. The van der Waals surface area contributed by atoms with E-state index in [9.17, 15) is 9.59 Å². The number of carbonyl (C=O) groups is 2. The van der Waals surface area contributed by atoms with Crippen LogP contribution in [0, 0.1) is 25.2 Å². The third-order valence-corrected chi connectivity index (χ3v) is 6.54. The Balaban J connectivity index is 1.47. The van der Waals surface area contributed by atoms with Crippen LogP contribution in [0.1, 0.15) is 46.3 Å². The quantitative estimate of drug-likeness (QED) is 0.890. The highest BCUT2D eigenvalue weighted by molar-refractivity contribution is 5.95. The van der Waals surface area contributed by atoms with Crippen molar-refractivity contribution in [3.05, 3.63) is 65.0 Å². The molecule has 28 heavy (non-hydrogen) atoms. The van der Waals surface area contributed by atoms with Crippen molar-refractivity contribution < 1.29 is 9.59 Å². The number of hydrogen-bond donors (Lipinski definition) is 1. The average molecular weight is 377 g/mol. The minimum Gasteiger partial charge on any atom is -0.352 e. The van der Waals surface area contributed by atoms with Gasteiger partial charge in [-0.15, -0.1) is 0 Å². The van der Waals surface area contributed by atoms with Crippen molar-refractivity contribution in [1.29, 1.82) is 0 Å². The number of benzene rings is 1. The van der Waals surface area contributed by atoms with Crippen molar-refractivity contribution in [2.75, 3.05) is 13.1 Å². The molecular formula is C23H27N3O2. The van der Waals surface area contributed by atoms with E-state index in [-0.39, 0.29) is 23.1 Å². The number of carbonyl (C=O) groups excluding carboxylic acids is 2. The lowest BCUT2D eigenvalue weighted by Crippen LogP contribution is -2.45. The van der Waals surface area contributed by atoms with E-state index >= 15 is 0 Å².